The van der Waals surface area contributed by atoms with Gasteiger partial charge in [-0.3, -0.25) is 0 Å². The highest BCUT2D eigenvalue weighted by atomic mass is 15.1. The van der Waals surface area contributed by atoms with E-state index < -0.39 is 0 Å². The topological polar surface area (TPSA) is 44.0 Å². The lowest BCUT2D eigenvalue weighted by molar-refractivity contribution is 0.410. The van der Waals surface area contributed by atoms with Gasteiger partial charge in [0.15, 0.2) is 0 Å². The normalized spacial score (nSPS) is 11.2. The van der Waals surface area contributed by atoms with Crippen molar-refractivity contribution in [3.8, 4) is 0 Å². The minimum absolute atomic E-state index is 0.892. The second-order valence-electron chi connectivity index (χ2n) is 4.09. The molecule has 0 fully saturated rings. The Morgan fingerprint density at radius 1 is 1.47 bits per heavy atom. The Morgan fingerprint density at radius 3 is 2.93 bits per heavy atom. The van der Waals surface area contributed by atoms with Gasteiger partial charge in [0.1, 0.15) is 5.82 Å². The van der Waals surface area contributed by atoms with E-state index in [1.54, 1.807) is 0 Å². The third-order valence-electron chi connectivity index (χ3n) is 2.22. The Morgan fingerprint density at radius 2 is 2.27 bits per heavy atom. The molecule has 0 aliphatic rings. The minimum atomic E-state index is 0.892. The zero-order valence-corrected chi connectivity index (χ0v) is 10.0. The highest BCUT2D eigenvalue weighted by Gasteiger charge is 2.00. The van der Waals surface area contributed by atoms with Crippen LogP contribution in [-0.2, 0) is 13.0 Å². The summed E-state index contributed by atoms with van der Waals surface area (Å²) >= 11 is 0. The first-order valence-corrected chi connectivity index (χ1v) is 5.60. The van der Waals surface area contributed by atoms with Crippen molar-refractivity contribution in [1.29, 1.82) is 0 Å². The van der Waals surface area contributed by atoms with E-state index in [9.17, 15) is 0 Å². The van der Waals surface area contributed by atoms with Crippen LogP contribution in [0.4, 0.5) is 0 Å². The molecule has 4 heteroatoms. The fourth-order valence-corrected chi connectivity index (χ4v) is 1.35. The van der Waals surface area contributed by atoms with E-state index in [2.05, 4.69) is 41.2 Å². The second kappa shape index (κ2) is 6.58. The number of hydrogen-bond donors (Lipinski definition) is 2. The molecule has 0 unspecified atom stereocenters. The van der Waals surface area contributed by atoms with Crippen LogP contribution in [0.2, 0.25) is 0 Å². The lowest BCUT2D eigenvalue weighted by Crippen LogP contribution is -2.16. The van der Waals surface area contributed by atoms with Crippen LogP contribution in [-0.4, -0.2) is 42.1 Å². The molecule has 0 spiro atoms. The first-order chi connectivity index (χ1) is 7.22. The number of hydrogen-bond acceptors (Lipinski definition) is 3. The van der Waals surface area contributed by atoms with Crippen LogP contribution in [0.5, 0.6) is 0 Å². The van der Waals surface area contributed by atoms with Gasteiger partial charge in [-0.25, -0.2) is 4.98 Å². The van der Waals surface area contributed by atoms with E-state index in [-0.39, 0.29) is 0 Å². The molecule has 0 saturated heterocycles. The minimum Gasteiger partial charge on any atom is -0.345 e. The molecule has 15 heavy (non-hydrogen) atoms. The lowest BCUT2D eigenvalue weighted by Gasteiger charge is -2.06. The summed E-state index contributed by atoms with van der Waals surface area (Å²) in [5.74, 6) is 1.08. The average Bonchev–Trinajstić information content (AvgIpc) is 2.63. The fourth-order valence-electron chi connectivity index (χ4n) is 1.35. The maximum atomic E-state index is 4.34. The van der Waals surface area contributed by atoms with E-state index in [0.29, 0.717) is 0 Å². The monoisotopic (exact) mass is 210 g/mol. The van der Waals surface area contributed by atoms with Crippen LogP contribution in [0, 0.1) is 0 Å². The Bertz CT molecular complexity index is 267. The number of nitrogens with one attached hydrogen (secondary N) is 2. The molecule has 86 valence electrons. The molecule has 1 heterocycles. The summed E-state index contributed by atoms with van der Waals surface area (Å²) in [5, 5.41) is 3.35. The van der Waals surface area contributed by atoms with Gasteiger partial charge < -0.3 is 15.2 Å². The molecular weight excluding hydrogens is 188 g/mol. The zero-order valence-electron chi connectivity index (χ0n) is 10.0. The summed E-state index contributed by atoms with van der Waals surface area (Å²) in [6, 6.07) is 0. The van der Waals surface area contributed by atoms with Crippen LogP contribution in [0.25, 0.3) is 0 Å². The van der Waals surface area contributed by atoms with Crippen LogP contribution in [0.15, 0.2) is 6.20 Å². The number of nitrogens with zero attached hydrogens (tertiary/aromatic N) is 2. The molecule has 0 saturated carbocycles. The van der Waals surface area contributed by atoms with Gasteiger partial charge in [0.05, 0.1) is 0 Å². The molecule has 1 rings (SSSR count). The molecule has 0 aliphatic heterocycles. The molecule has 2 N–H and O–H groups in total. The van der Waals surface area contributed by atoms with Crippen LogP contribution >= 0.6 is 0 Å². The van der Waals surface area contributed by atoms with Gasteiger partial charge >= 0.3 is 0 Å². The van der Waals surface area contributed by atoms with Crippen molar-refractivity contribution in [2.75, 3.05) is 27.2 Å². The fraction of sp³-hybridized carbons (Fsp3) is 0.727. The molecule has 1 aromatic heterocycles. The Labute approximate surface area is 92.1 Å². The molecule has 0 aliphatic carbocycles. The number of likely N-dealkylation sites (N-methyl/N-ethyl adjacent to an activating group) is 1. The van der Waals surface area contributed by atoms with E-state index in [1.807, 2.05) is 6.20 Å². The predicted molar refractivity (Wildman–Crippen MR) is 62.8 cm³/mol. The summed E-state index contributed by atoms with van der Waals surface area (Å²) in [7, 11) is 4.15. The van der Waals surface area contributed by atoms with E-state index in [4.69, 9.17) is 0 Å². The largest absolute Gasteiger partial charge is 0.345 e. The quantitative estimate of drug-likeness (QED) is 0.660. The van der Waals surface area contributed by atoms with Crippen LogP contribution < -0.4 is 5.32 Å². The molecular formula is C11H22N4. The summed E-state index contributed by atoms with van der Waals surface area (Å²) in [5.41, 5.74) is 1.18. The number of aromatic nitrogens is 2. The van der Waals surface area contributed by atoms with E-state index >= 15 is 0 Å². The Kier molecular flexibility index (Phi) is 5.36. The third kappa shape index (κ3) is 4.95. The van der Waals surface area contributed by atoms with E-state index in [0.717, 1.165) is 31.9 Å². The van der Waals surface area contributed by atoms with Gasteiger partial charge in [-0.1, -0.05) is 6.92 Å². The number of imidazole rings is 1. The number of aromatic amines is 1. The highest BCUT2D eigenvalue weighted by Crippen LogP contribution is 1.98. The number of H-pyrrole nitrogens is 1. The molecule has 0 radical (unpaired) electrons. The Hall–Kier alpha value is -0.870. The SMILES string of the molecule is CCCNCc1cnc(CCN(C)C)[nH]1. The molecule has 0 atom stereocenters. The first kappa shape index (κ1) is 12.2. The maximum absolute atomic E-state index is 4.34. The van der Waals surface area contributed by atoms with Gasteiger partial charge in [-0.2, -0.15) is 0 Å². The van der Waals surface area contributed by atoms with Crippen molar-refractivity contribution in [3.63, 3.8) is 0 Å². The van der Waals surface area contributed by atoms with Crippen molar-refractivity contribution in [2.24, 2.45) is 0 Å². The van der Waals surface area contributed by atoms with Gasteiger partial charge in [-0.05, 0) is 27.1 Å². The van der Waals surface area contributed by atoms with Crippen molar-refractivity contribution >= 4 is 0 Å². The van der Waals surface area contributed by atoms with Crippen molar-refractivity contribution in [3.05, 3.63) is 17.7 Å². The van der Waals surface area contributed by atoms with E-state index in [1.165, 1.54) is 12.1 Å². The average molecular weight is 210 g/mol. The summed E-state index contributed by atoms with van der Waals surface area (Å²) in [6.45, 7) is 5.16. The van der Waals surface area contributed by atoms with Crippen LogP contribution in [0.1, 0.15) is 24.9 Å². The first-order valence-electron chi connectivity index (χ1n) is 5.60. The van der Waals surface area contributed by atoms with Crippen molar-refractivity contribution in [1.82, 2.24) is 20.2 Å². The molecule has 0 bridgehead atoms. The standard InChI is InChI=1S/C11H22N4/c1-4-6-12-8-10-9-13-11(14-10)5-7-15(2)3/h9,12H,4-8H2,1-3H3,(H,13,14). The predicted octanol–water partition coefficient (Wildman–Crippen LogP) is 1.01. The highest BCUT2D eigenvalue weighted by molar-refractivity contribution is 5.01. The van der Waals surface area contributed by atoms with Crippen molar-refractivity contribution in [2.45, 2.75) is 26.3 Å². The molecule has 0 amide bonds. The zero-order chi connectivity index (χ0) is 11.1. The van der Waals surface area contributed by atoms with Gasteiger partial charge in [0.2, 0.25) is 0 Å². The van der Waals surface area contributed by atoms with Crippen molar-refractivity contribution < 1.29 is 0 Å². The maximum Gasteiger partial charge on any atom is 0.107 e. The summed E-state index contributed by atoms with van der Waals surface area (Å²) in [4.78, 5) is 9.84. The van der Waals surface area contributed by atoms with Gasteiger partial charge in [0, 0.05) is 31.4 Å². The molecule has 0 aromatic carbocycles. The van der Waals surface area contributed by atoms with Crippen LogP contribution in [0.3, 0.4) is 0 Å². The van der Waals surface area contributed by atoms with Gasteiger partial charge in [0.25, 0.3) is 0 Å². The molecule has 1 aromatic rings. The smallest absolute Gasteiger partial charge is 0.107 e. The third-order valence-corrected chi connectivity index (χ3v) is 2.22. The summed E-state index contributed by atoms with van der Waals surface area (Å²) in [6.07, 6.45) is 4.08. The second-order valence-corrected chi connectivity index (χ2v) is 4.09. The number of rotatable bonds is 7. The Balaban J connectivity index is 2.29. The molecule has 4 nitrogen and oxygen atoms in total. The van der Waals surface area contributed by atoms with Gasteiger partial charge in [-0.15, -0.1) is 0 Å². The summed E-state index contributed by atoms with van der Waals surface area (Å²) < 4.78 is 0. The lowest BCUT2D eigenvalue weighted by atomic mass is 10.4.